The molecule has 2 aliphatic rings. The molecule has 143 heavy (non-hydrogen) atoms. The molecule has 0 fully saturated rings. The predicted molar refractivity (Wildman–Crippen MR) is 617 cm³/mol. The zero-order chi connectivity index (χ0) is 99.8. The number of hydrogen-bond donors (Lipinski definition) is 0. The van der Waals surface area contributed by atoms with E-state index in [0.717, 1.165) is 209 Å². The van der Waals surface area contributed by atoms with Crippen LogP contribution in [0.15, 0.2) is 129 Å². The molecule has 2 aliphatic carbocycles. The van der Waals surface area contributed by atoms with Crippen molar-refractivity contribution in [2.45, 2.75) is 376 Å². The normalized spacial score (nSPS) is 14.6. The van der Waals surface area contributed by atoms with Crippen molar-refractivity contribution in [1.82, 2.24) is 17.9 Å². The molecular formula is C124H142Br2F2N8O2S5. The summed E-state index contributed by atoms with van der Waals surface area (Å²) in [4.78, 5) is 41.3. The number of nitrogens with zero attached hydrogens (tertiary/aromatic N) is 8. The first-order valence-corrected chi connectivity index (χ1v) is 60.4. The quantitative estimate of drug-likeness (QED) is 0.0162. The Balaban J connectivity index is 0.986. The smallest absolute Gasteiger partial charge is 0.270 e. The number of hydrogen-bond acceptors (Lipinski definition) is 11. The van der Waals surface area contributed by atoms with Crippen LogP contribution in [-0.4, -0.2) is 29.4 Å². The lowest BCUT2D eigenvalue weighted by molar-refractivity contribution is 0.103. The molecule has 0 amide bonds. The number of fused-ring (bicyclic) bond motifs is 18. The predicted octanol–water partition coefficient (Wildman–Crippen LogP) is 41.9. The number of allylic oxidation sites excluding steroid dienone is 6. The maximum atomic E-state index is 15.9. The summed E-state index contributed by atoms with van der Waals surface area (Å²) in [6, 6.07) is 36.2. The molecular weight excluding hydrogens is 1990 g/mol. The lowest BCUT2D eigenvalue weighted by Gasteiger charge is -2.22. The minimum Gasteiger partial charge on any atom is -0.337 e. The molecule has 0 spiro atoms. The van der Waals surface area contributed by atoms with Crippen LogP contribution in [0.2, 0.25) is 0 Å². The van der Waals surface area contributed by atoms with Crippen LogP contribution in [0.25, 0.3) is 149 Å². The first-order valence-electron chi connectivity index (χ1n) is 54.8. The van der Waals surface area contributed by atoms with Gasteiger partial charge in [0.05, 0.1) is 96.2 Å². The van der Waals surface area contributed by atoms with E-state index in [2.05, 4.69) is 153 Å². The van der Waals surface area contributed by atoms with Gasteiger partial charge in [-0.05, 0) is 211 Å². The van der Waals surface area contributed by atoms with Crippen LogP contribution in [0, 0.1) is 59.3 Å². The van der Waals surface area contributed by atoms with E-state index in [1.807, 2.05) is 34.8 Å². The topological polar surface area (TPSA) is 126 Å². The van der Waals surface area contributed by atoms with E-state index in [1.165, 1.54) is 264 Å². The molecule has 0 saturated carbocycles. The summed E-state index contributed by atoms with van der Waals surface area (Å²) in [5.74, 6) is -0.902. The van der Waals surface area contributed by atoms with Gasteiger partial charge in [-0.25, -0.2) is 29.0 Å². The van der Waals surface area contributed by atoms with Gasteiger partial charge in [0, 0.05) is 78.2 Å². The summed E-state index contributed by atoms with van der Waals surface area (Å²) in [6.45, 7) is 32.5. The van der Waals surface area contributed by atoms with Crippen molar-refractivity contribution in [3.63, 3.8) is 0 Å². The lowest BCUT2D eigenvalue weighted by Crippen LogP contribution is -2.14. The lowest BCUT2D eigenvalue weighted by atomic mass is 9.93. The van der Waals surface area contributed by atoms with Crippen molar-refractivity contribution in [3.05, 3.63) is 206 Å². The zero-order valence-electron chi connectivity index (χ0n) is 85.3. The highest BCUT2D eigenvalue weighted by atomic mass is 79.9. The number of carbonyl (C=O) groups is 2. The van der Waals surface area contributed by atoms with Gasteiger partial charge in [-0.3, -0.25) is 9.59 Å². The number of rotatable bonds is 58. The number of Topliss-reactive ketones (excluding diaryl/α,β-unsaturated/α-hetero) is 2. The molecule has 7 aromatic heterocycles. The Hall–Kier alpha value is -9.12. The first-order chi connectivity index (χ1) is 70.1. The number of unbranched alkanes of at least 4 members (excludes halogenated alkanes) is 38. The SMILES string of the molecule is [C-]#[N+]/C(C#N)=C1\C(=C\c2sc3c(sc4c5c6nsnc6c6c7sc8c(-c9ccc(CCCCCC)cc9)c(/C=C9\C(=O)c%10cc%11cc(Br)c(F)cc%11cc%10\C9=C(\C#N)[N+]#[C-])sc8c7n(CC(CCCCCCCCCC)CCCCCCCCCCCC)c6c5n(CC(CCCCCCCCCC)CCCCCCCCCCCC)c34)c2-c2ccc(CCCCCC)cc2)C(=O)c2cc3cc(Br)c(F)cc3cc21. The van der Waals surface area contributed by atoms with Gasteiger partial charge in [-0.15, -0.1) is 45.3 Å². The molecule has 16 rings (SSSR count). The highest BCUT2D eigenvalue weighted by molar-refractivity contribution is 9.10. The van der Waals surface area contributed by atoms with E-state index in [1.54, 1.807) is 59.1 Å². The molecule has 2 unspecified atom stereocenters. The molecule has 14 aromatic rings. The van der Waals surface area contributed by atoms with Crippen molar-refractivity contribution in [3.8, 4) is 34.4 Å². The van der Waals surface area contributed by atoms with Crippen LogP contribution in [-0.2, 0) is 25.9 Å². The van der Waals surface area contributed by atoms with Crippen LogP contribution in [0.3, 0.4) is 0 Å². The Labute approximate surface area is 884 Å². The maximum absolute atomic E-state index is 15.9. The molecule has 19 heteroatoms. The Morgan fingerprint density at radius 2 is 0.671 bits per heavy atom. The van der Waals surface area contributed by atoms with Crippen molar-refractivity contribution in [1.29, 1.82) is 10.5 Å². The summed E-state index contributed by atoms with van der Waals surface area (Å²) in [5.41, 5.74) is 15.3. The van der Waals surface area contributed by atoms with Gasteiger partial charge in [-0.1, -0.05) is 360 Å². The van der Waals surface area contributed by atoms with Crippen LogP contribution in [0.4, 0.5) is 8.78 Å². The number of benzene rings is 7. The molecule has 0 saturated heterocycles. The number of aryl methyl sites for hydroxylation is 2. The van der Waals surface area contributed by atoms with E-state index in [9.17, 15) is 10.5 Å². The Bertz CT molecular complexity index is 6740. The number of thiophene rings is 4. The highest BCUT2D eigenvalue weighted by Crippen LogP contribution is 2.59. The molecule has 0 N–H and O–H groups in total. The average Bonchev–Trinajstić information content (AvgIpc) is 1.50. The van der Waals surface area contributed by atoms with Gasteiger partial charge < -0.3 is 9.13 Å². The average molecular weight is 2130 g/mol. The van der Waals surface area contributed by atoms with E-state index in [4.69, 9.17) is 21.9 Å². The van der Waals surface area contributed by atoms with E-state index >= 15 is 18.4 Å². The zero-order valence-corrected chi connectivity index (χ0v) is 92.5. The van der Waals surface area contributed by atoms with E-state index < -0.39 is 11.6 Å². The third-order valence-electron chi connectivity index (χ3n) is 30.7. The minimum absolute atomic E-state index is 0.197. The van der Waals surface area contributed by atoms with Crippen LogP contribution >= 0.6 is 88.9 Å². The monoisotopic (exact) mass is 2130 g/mol. The van der Waals surface area contributed by atoms with Crippen LogP contribution in [0.5, 0.6) is 0 Å². The van der Waals surface area contributed by atoms with Gasteiger partial charge in [0.1, 0.15) is 22.7 Å². The van der Waals surface area contributed by atoms with Gasteiger partial charge in [0.25, 0.3) is 11.4 Å². The molecule has 7 heterocycles. The molecule has 2 atom stereocenters. The fraction of sp³-hybridized carbons (Fsp3) is 0.484. The molecule has 0 aliphatic heterocycles. The van der Waals surface area contributed by atoms with Gasteiger partial charge in [-0.2, -0.15) is 8.75 Å². The van der Waals surface area contributed by atoms with Crippen molar-refractivity contribution in [2.75, 3.05) is 0 Å². The van der Waals surface area contributed by atoms with E-state index in [0.29, 0.717) is 55.6 Å². The number of halogens is 4. The van der Waals surface area contributed by atoms with Crippen molar-refractivity contribution < 1.29 is 18.4 Å². The Morgan fingerprint density at radius 3 is 0.979 bits per heavy atom. The Kier molecular flexibility index (Phi) is 39.1. The summed E-state index contributed by atoms with van der Waals surface area (Å²) in [5, 5.41) is 26.9. The number of carbonyl (C=O) groups excluding carboxylic acids is 2. The van der Waals surface area contributed by atoms with Crippen molar-refractivity contribution >= 4 is 217 Å². The molecule has 0 bridgehead atoms. The third-order valence-corrected chi connectivity index (χ3v) is 37.4. The molecule has 0 radical (unpaired) electrons. The number of nitriles is 2. The highest BCUT2D eigenvalue weighted by Gasteiger charge is 2.39. The van der Waals surface area contributed by atoms with Gasteiger partial charge in [0.15, 0.2) is 11.6 Å². The molecule has 748 valence electrons. The largest absolute Gasteiger partial charge is 0.337 e. The second-order valence-corrected chi connectivity index (χ2v) is 47.5. The fourth-order valence-corrected chi connectivity index (χ4v) is 30.0. The van der Waals surface area contributed by atoms with Gasteiger partial charge >= 0.3 is 0 Å². The third kappa shape index (κ3) is 24.5. The van der Waals surface area contributed by atoms with Crippen LogP contribution in [0.1, 0.15) is 402 Å². The summed E-state index contributed by atoms with van der Waals surface area (Å²) < 4.78 is 55.6. The number of aromatic nitrogens is 4. The van der Waals surface area contributed by atoms with E-state index in [-0.39, 0.29) is 54.2 Å². The molecule has 7 aromatic carbocycles. The summed E-state index contributed by atoms with van der Waals surface area (Å²) >= 11 is 15.2. The fourth-order valence-electron chi connectivity index (χ4n) is 22.8. The summed E-state index contributed by atoms with van der Waals surface area (Å²) in [6.07, 6.45) is 64.2. The second-order valence-electron chi connectivity index (χ2n) is 41.1. The Morgan fingerprint density at radius 1 is 0.378 bits per heavy atom. The number of ketones is 2. The maximum Gasteiger partial charge on any atom is 0.270 e. The van der Waals surface area contributed by atoms with Crippen molar-refractivity contribution in [2.24, 2.45) is 11.8 Å². The standard InChI is InChI=1S/C124H142Br2F2N8O2S5/c1-9-15-21-27-31-35-37-41-45-51-57-83(55-49-43-39-33-29-23-17-11-3)79-135-113-109(119-115(135)123-121(141-119)105(85-63-59-81(60-64-85)53-47-25-19-13-5)103(139-123)75-95-107(101(77-129)131-7)91-67-89-73-99(127)97(125)71-87(89)69-93(91)117(95)137)111-112(134-143-133-111)110-114(113)136(80-84(56-50-44-40-34-30-24-18-12-4)58-52-46-42-38-36-32-28-22-16-10-2)116-120(110)142-122-106(86-65-61-82(62-66-86)54-48-26-20-14-6)104(140-124(116)122)76-96-108(102(78-130)132-8)92-68-90-74-100(128)98(126)72-88(90)70-94(92)118(96)138/h59-76,83-84H,9-58,79-80H2,1-6H3/b95-75-,96-76-,107-101-,108-102+. The second kappa shape index (κ2) is 52.5. The minimum atomic E-state index is -0.453. The van der Waals surface area contributed by atoms with Gasteiger partial charge in [0.2, 0.25) is 0 Å². The molecule has 10 nitrogen and oxygen atoms in total. The van der Waals surface area contributed by atoms with Crippen LogP contribution < -0.4 is 0 Å². The first kappa shape index (κ1) is 107. The summed E-state index contributed by atoms with van der Waals surface area (Å²) in [7, 11) is 0.